The Morgan fingerprint density at radius 3 is 2.72 bits per heavy atom. The lowest BCUT2D eigenvalue weighted by Crippen LogP contribution is -2.39. The van der Waals surface area contributed by atoms with Crippen LogP contribution in [-0.2, 0) is 6.42 Å². The van der Waals surface area contributed by atoms with E-state index in [1.165, 1.54) is 12.1 Å². The molecule has 0 fully saturated rings. The maximum Gasteiger partial charge on any atom is 0.344 e. The van der Waals surface area contributed by atoms with Crippen molar-refractivity contribution < 1.29 is 18.7 Å². The quantitative estimate of drug-likeness (QED) is 0.723. The first kappa shape index (κ1) is 15.8. The maximum atomic E-state index is 13.5. The smallest absolute Gasteiger partial charge is 0.344 e. The number of hydrogen-bond acceptors (Lipinski definition) is 4. The van der Waals surface area contributed by atoms with Crippen molar-refractivity contribution in [1.82, 2.24) is 0 Å². The molecular formula is C20H17FO4. The molecule has 0 saturated carbocycles. The molecule has 0 spiro atoms. The molecule has 1 unspecified atom stereocenters. The zero-order valence-corrected chi connectivity index (χ0v) is 13.9. The van der Waals surface area contributed by atoms with E-state index < -0.39 is 23.1 Å². The van der Waals surface area contributed by atoms with Crippen molar-refractivity contribution in [2.24, 2.45) is 0 Å². The average Bonchev–Trinajstić information content (AvgIpc) is 2.99. The van der Waals surface area contributed by atoms with Gasteiger partial charge >= 0.3 is 5.63 Å². The Balaban J connectivity index is 1.86. The molecule has 0 radical (unpaired) electrons. The van der Waals surface area contributed by atoms with Gasteiger partial charge in [0.1, 0.15) is 23.3 Å². The summed E-state index contributed by atoms with van der Waals surface area (Å²) in [6.45, 7) is 3.37. The molecule has 128 valence electrons. The van der Waals surface area contributed by atoms with Crippen LogP contribution in [0.3, 0.4) is 0 Å². The topological polar surface area (TPSA) is 59.7 Å². The number of rotatable bonds is 2. The fourth-order valence-corrected chi connectivity index (χ4v) is 3.16. The summed E-state index contributed by atoms with van der Waals surface area (Å²) in [6, 6.07) is 11.2. The molecule has 0 amide bonds. The van der Waals surface area contributed by atoms with Crippen LogP contribution in [0.1, 0.15) is 19.4 Å². The summed E-state index contributed by atoms with van der Waals surface area (Å²) in [6.07, 6.45) is 0.0552. The van der Waals surface area contributed by atoms with Gasteiger partial charge in [0.15, 0.2) is 0 Å². The summed E-state index contributed by atoms with van der Waals surface area (Å²) >= 11 is 0. The summed E-state index contributed by atoms with van der Waals surface area (Å²) < 4.78 is 24.8. The van der Waals surface area contributed by atoms with Crippen molar-refractivity contribution in [3.63, 3.8) is 0 Å². The number of ether oxygens (including phenoxy) is 1. The third kappa shape index (κ3) is 2.70. The van der Waals surface area contributed by atoms with E-state index >= 15 is 0 Å². The van der Waals surface area contributed by atoms with Crippen LogP contribution < -0.4 is 10.4 Å². The molecule has 4 nitrogen and oxygen atoms in total. The van der Waals surface area contributed by atoms with Gasteiger partial charge in [-0.1, -0.05) is 12.1 Å². The van der Waals surface area contributed by atoms with E-state index in [2.05, 4.69) is 0 Å². The molecule has 4 rings (SSSR count). The van der Waals surface area contributed by atoms with Gasteiger partial charge in [-0.25, -0.2) is 9.18 Å². The number of halogens is 1. The molecule has 2 heterocycles. The van der Waals surface area contributed by atoms with E-state index in [1.54, 1.807) is 44.2 Å². The highest BCUT2D eigenvalue weighted by molar-refractivity contribution is 5.86. The normalized spacial score (nSPS) is 16.7. The first-order valence-electron chi connectivity index (χ1n) is 8.07. The van der Waals surface area contributed by atoms with Gasteiger partial charge in [0.25, 0.3) is 0 Å². The summed E-state index contributed by atoms with van der Waals surface area (Å²) in [5.74, 6) is 0.202. The van der Waals surface area contributed by atoms with Crippen molar-refractivity contribution in [3.05, 3.63) is 64.3 Å². The predicted molar refractivity (Wildman–Crippen MR) is 92.3 cm³/mol. The third-order valence-corrected chi connectivity index (χ3v) is 4.54. The zero-order valence-electron chi connectivity index (χ0n) is 13.9. The standard InChI is InChI=1S/C20H17FO4/c1-20(2,23)17-10-15-16(24-17)7-6-12-9-14(19(22)25-18(12)15)11-4-3-5-13(21)8-11/h3-9,17,23H,10H2,1-2H3. The Labute approximate surface area is 143 Å². The van der Waals surface area contributed by atoms with Crippen LogP contribution in [0.4, 0.5) is 4.39 Å². The molecule has 1 aromatic heterocycles. The van der Waals surface area contributed by atoms with E-state index in [0.29, 0.717) is 28.9 Å². The number of aliphatic hydroxyl groups is 1. The summed E-state index contributed by atoms with van der Waals surface area (Å²) in [7, 11) is 0. The van der Waals surface area contributed by atoms with Crippen molar-refractivity contribution in [1.29, 1.82) is 0 Å². The first-order chi connectivity index (χ1) is 11.8. The van der Waals surface area contributed by atoms with Gasteiger partial charge in [0.2, 0.25) is 0 Å². The lowest BCUT2D eigenvalue weighted by Gasteiger charge is -2.24. The van der Waals surface area contributed by atoms with Gasteiger partial charge in [-0.2, -0.15) is 0 Å². The van der Waals surface area contributed by atoms with E-state index in [9.17, 15) is 14.3 Å². The monoisotopic (exact) mass is 340 g/mol. The first-order valence-corrected chi connectivity index (χ1v) is 8.07. The molecule has 1 aliphatic heterocycles. The molecule has 1 atom stereocenters. The SMILES string of the molecule is CC(C)(O)C1Cc2c(ccc3cc(-c4cccc(F)c4)c(=O)oc23)O1. The highest BCUT2D eigenvalue weighted by atomic mass is 19.1. The molecule has 5 heteroatoms. The lowest BCUT2D eigenvalue weighted by atomic mass is 9.96. The predicted octanol–water partition coefficient (Wildman–Crippen LogP) is 3.67. The molecule has 25 heavy (non-hydrogen) atoms. The fourth-order valence-electron chi connectivity index (χ4n) is 3.16. The van der Waals surface area contributed by atoms with Crippen LogP contribution in [0, 0.1) is 5.82 Å². The molecule has 3 aromatic rings. The van der Waals surface area contributed by atoms with Gasteiger partial charge in [-0.15, -0.1) is 0 Å². The van der Waals surface area contributed by atoms with E-state index in [1.807, 2.05) is 0 Å². The molecule has 0 bridgehead atoms. The largest absolute Gasteiger partial charge is 0.487 e. The van der Waals surface area contributed by atoms with Gasteiger partial charge in [-0.3, -0.25) is 0 Å². The highest BCUT2D eigenvalue weighted by Gasteiger charge is 2.36. The van der Waals surface area contributed by atoms with Crippen LogP contribution in [0.5, 0.6) is 5.75 Å². The number of benzene rings is 2. The second-order valence-electron chi connectivity index (χ2n) is 6.88. The Bertz CT molecular complexity index is 1030. The van der Waals surface area contributed by atoms with Gasteiger partial charge in [0.05, 0.1) is 11.2 Å². The molecule has 0 aliphatic carbocycles. The minimum Gasteiger partial charge on any atom is -0.487 e. The Morgan fingerprint density at radius 1 is 1.20 bits per heavy atom. The van der Waals surface area contributed by atoms with Gasteiger partial charge in [0, 0.05) is 17.4 Å². The fraction of sp³-hybridized carbons (Fsp3) is 0.250. The Kier molecular flexibility index (Phi) is 3.44. The zero-order chi connectivity index (χ0) is 17.8. The van der Waals surface area contributed by atoms with Gasteiger partial charge in [-0.05, 0) is 49.7 Å². The molecule has 0 saturated heterocycles. The van der Waals surface area contributed by atoms with Gasteiger partial charge < -0.3 is 14.3 Å². The van der Waals surface area contributed by atoms with Crippen LogP contribution in [0.25, 0.3) is 22.1 Å². The van der Waals surface area contributed by atoms with Crippen molar-refractivity contribution in [3.8, 4) is 16.9 Å². The summed E-state index contributed by atoms with van der Waals surface area (Å²) in [5, 5.41) is 10.9. The summed E-state index contributed by atoms with van der Waals surface area (Å²) in [4.78, 5) is 12.4. The second-order valence-corrected chi connectivity index (χ2v) is 6.88. The highest BCUT2D eigenvalue weighted by Crippen LogP contribution is 2.38. The van der Waals surface area contributed by atoms with Crippen molar-refractivity contribution in [2.45, 2.75) is 32.0 Å². The average molecular weight is 340 g/mol. The third-order valence-electron chi connectivity index (χ3n) is 4.54. The van der Waals surface area contributed by atoms with Crippen LogP contribution in [0.2, 0.25) is 0 Å². The van der Waals surface area contributed by atoms with Crippen LogP contribution in [-0.4, -0.2) is 16.8 Å². The summed E-state index contributed by atoms with van der Waals surface area (Å²) in [5.41, 5.74) is 0.472. The van der Waals surface area contributed by atoms with Crippen molar-refractivity contribution in [2.75, 3.05) is 0 Å². The van der Waals surface area contributed by atoms with E-state index in [0.717, 1.165) is 10.9 Å². The number of fused-ring (bicyclic) bond motifs is 3. The Hall–Kier alpha value is -2.66. The number of hydrogen-bond donors (Lipinski definition) is 1. The van der Waals surface area contributed by atoms with Crippen LogP contribution in [0.15, 0.2) is 51.7 Å². The van der Waals surface area contributed by atoms with Crippen molar-refractivity contribution >= 4 is 11.0 Å². The lowest BCUT2D eigenvalue weighted by molar-refractivity contribution is -0.0229. The molecular weight excluding hydrogens is 323 g/mol. The maximum absolute atomic E-state index is 13.5. The second kappa shape index (κ2) is 5.43. The van der Waals surface area contributed by atoms with E-state index in [4.69, 9.17) is 9.15 Å². The minimum atomic E-state index is -1.01. The van der Waals surface area contributed by atoms with Crippen LogP contribution >= 0.6 is 0 Å². The molecule has 1 N–H and O–H groups in total. The Morgan fingerprint density at radius 2 is 2.00 bits per heavy atom. The van der Waals surface area contributed by atoms with E-state index in [-0.39, 0.29) is 0 Å². The molecule has 2 aromatic carbocycles. The molecule has 1 aliphatic rings. The minimum absolute atomic E-state index is 0.310.